The average molecular weight is 329 g/mol. The van der Waals surface area contributed by atoms with Crippen molar-refractivity contribution in [3.8, 4) is 0 Å². The number of piperidine rings is 1. The first-order chi connectivity index (χ1) is 11.6. The predicted molar refractivity (Wildman–Crippen MR) is 100 cm³/mol. The van der Waals surface area contributed by atoms with E-state index in [1.807, 2.05) is 6.92 Å². The number of aromatic nitrogens is 3. The van der Waals surface area contributed by atoms with Crippen LogP contribution in [0.15, 0.2) is 0 Å². The van der Waals surface area contributed by atoms with E-state index in [1.165, 1.54) is 75.8 Å². The third kappa shape index (κ3) is 4.07. The van der Waals surface area contributed by atoms with Crippen LogP contribution in [0, 0.1) is 13.8 Å². The van der Waals surface area contributed by atoms with Crippen molar-refractivity contribution >= 4 is 16.9 Å². The van der Waals surface area contributed by atoms with Gasteiger partial charge in [-0.2, -0.15) is 0 Å². The molecule has 1 aliphatic heterocycles. The second-order valence-electron chi connectivity index (χ2n) is 7.17. The predicted octanol–water partition coefficient (Wildman–Crippen LogP) is 3.75. The molecule has 3 heterocycles. The minimum absolute atomic E-state index is 0.563. The van der Waals surface area contributed by atoms with Crippen LogP contribution >= 0.6 is 0 Å². The van der Waals surface area contributed by atoms with Gasteiger partial charge in [0.1, 0.15) is 11.3 Å². The maximum Gasteiger partial charge on any atom is 0.151 e. The van der Waals surface area contributed by atoms with E-state index in [-0.39, 0.29) is 0 Å². The Kier molecular flexibility index (Phi) is 5.72. The number of H-pyrrole nitrogens is 1. The maximum absolute atomic E-state index is 6.02. The third-order valence-electron chi connectivity index (χ3n) is 5.20. The fourth-order valence-electron chi connectivity index (χ4n) is 3.86. The van der Waals surface area contributed by atoms with E-state index < -0.39 is 0 Å². The first kappa shape index (κ1) is 17.2. The molecule has 0 amide bonds. The Bertz CT molecular complexity index is 670. The zero-order chi connectivity index (χ0) is 16.9. The fraction of sp³-hybridized carbons (Fsp3) is 0.684. The summed E-state index contributed by atoms with van der Waals surface area (Å²) in [5, 5.41) is 0. The molecule has 3 N–H and O–H groups in total. The molecule has 0 unspecified atom stereocenters. The van der Waals surface area contributed by atoms with Gasteiger partial charge in [0.25, 0.3) is 0 Å². The standard InChI is InChI=1S/C19H31N5/c1-14-16(17-18(21-14)19(20)23-15(2)22-17)10-6-3-4-7-11-24-12-8-5-9-13-24/h21H,3-13H2,1-2H3,(H2,20,22,23). The fourth-order valence-corrected chi connectivity index (χ4v) is 3.86. The maximum atomic E-state index is 6.02. The zero-order valence-corrected chi connectivity index (χ0v) is 15.2. The monoisotopic (exact) mass is 329 g/mol. The van der Waals surface area contributed by atoms with Crippen molar-refractivity contribution in [2.75, 3.05) is 25.4 Å². The summed E-state index contributed by atoms with van der Waals surface area (Å²) in [6.07, 6.45) is 10.5. The second-order valence-corrected chi connectivity index (χ2v) is 7.17. The van der Waals surface area contributed by atoms with Gasteiger partial charge < -0.3 is 15.6 Å². The topological polar surface area (TPSA) is 70.8 Å². The van der Waals surface area contributed by atoms with Crippen molar-refractivity contribution in [2.24, 2.45) is 0 Å². The highest BCUT2D eigenvalue weighted by Gasteiger charge is 2.13. The van der Waals surface area contributed by atoms with Crippen LogP contribution in [-0.4, -0.2) is 39.5 Å². The molecule has 3 rings (SSSR count). The van der Waals surface area contributed by atoms with Crippen LogP contribution in [-0.2, 0) is 6.42 Å². The van der Waals surface area contributed by atoms with Gasteiger partial charge in [0.15, 0.2) is 5.82 Å². The number of nitrogens with zero attached hydrogens (tertiary/aromatic N) is 3. The minimum Gasteiger partial charge on any atom is -0.382 e. The first-order valence-electron chi connectivity index (χ1n) is 9.49. The smallest absolute Gasteiger partial charge is 0.151 e. The molecule has 1 saturated heterocycles. The third-order valence-corrected chi connectivity index (χ3v) is 5.20. The van der Waals surface area contributed by atoms with Gasteiger partial charge in [-0.3, -0.25) is 0 Å². The number of likely N-dealkylation sites (tertiary alicyclic amines) is 1. The highest BCUT2D eigenvalue weighted by molar-refractivity contribution is 5.88. The second kappa shape index (κ2) is 7.97. The van der Waals surface area contributed by atoms with E-state index in [0.717, 1.165) is 23.3 Å². The molecule has 0 aliphatic carbocycles. The van der Waals surface area contributed by atoms with Crippen LogP contribution in [0.5, 0.6) is 0 Å². The summed E-state index contributed by atoms with van der Waals surface area (Å²) in [5.41, 5.74) is 10.4. The van der Waals surface area contributed by atoms with E-state index >= 15 is 0 Å². The molecule has 0 spiro atoms. The van der Waals surface area contributed by atoms with Gasteiger partial charge in [-0.15, -0.1) is 0 Å². The highest BCUT2D eigenvalue weighted by Crippen LogP contribution is 2.25. The molecule has 0 bridgehead atoms. The van der Waals surface area contributed by atoms with E-state index in [4.69, 9.17) is 5.73 Å². The SMILES string of the molecule is Cc1nc(N)c2[nH]c(C)c(CCCCCCN3CCCCC3)c2n1. The number of hydrogen-bond donors (Lipinski definition) is 2. The first-order valence-corrected chi connectivity index (χ1v) is 9.49. The largest absolute Gasteiger partial charge is 0.382 e. The van der Waals surface area contributed by atoms with E-state index in [2.05, 4.69) is 26.8 Å². The van der Waals surface area contributed by atoms with Gasteiger partial charge in [-0.1, -0.05) is 19.3 Å². The summed E-state index contributed by atoms with van der Waals surface area (Å²) in [6, 6.07) is 0. The number of fused-ring (bicyclic) bond motifs is 1. The van der Waals surface area contributed by atoms with Crippen LogP contribution < -0.4 is 5.73 Å². The van der Waals surface area contributed by atoms with E-state index in [0.29, 0.717) is 5.82 Å². The summed E-state index contributed by atoms with van der Waals surface area (Å²) < 4.78 is 0. The number of hydrogen-bond acceptors (Lipinski definition) is 4. The molecule has 2 aromatic heterocycles. The van der Waals surface area contributed by atoms with Crippen molar-refractivity contribution in [2.45, 2.75) is 65.2 Å². The summed E-state index contributed by atoms with van der Waals surface area (Å²) >= 11 is 0. The summed E-state index contributed by atoms with van der Waals surface area (Å²) in [7, 11) is 0. The van der Waals surface area contributed by atoms with Gasteiger partial charge in [-0.25, -0.2) is 9.97 Å². The lowest BCUT2D eigenvalue weighted by Gasteiger charge is -2.26. The molecule has 5 nitrogen and oxygen atoms in total. The lowest BCUT2D eigenvalue weighted by atomic mass is 10.0. The molecular weight excluding hydrogens is 298 g/mol. The van der Waals surface area contributed by atoms with Gasteiger partial charge in [-0.05, 0) is 71.1 Å². The van der Waals surface area contributed by atoms with Crippen molar-refractivity contribution < 1.29 is 0 Å². The Balaban J connectivity index is 1.46. The molecule has 24 heavy (non-hydrogen) atoms. The van der Waals surface area contributed by atoms with Gasteiger partial charge in [0, 0.05) is 5.69 Å². The van der Waals surface area contributed by atoms with E-state index in [9.17, 15) is 0 Å². The molecule has 1 fully saturated rings. The molecule has 0 atom stereocenters. The van der Waals surface area contributed by atoms with Gasteiger partial charge >= 0.3 is 0 Å². The van der Waals surface area contributed by atoms with Crippen LogP contribution in [0.2, 0.25) is 0 Å². The minimum atomic E-state index is 0.563. The average Bonchev–Trinajstić information content (AvgIpc) is 2.88. The Morgan fingerprint density at radius 2 is 1.75 bits per heavy atom. The zero-order valence-electron chi connectivity index (χ0n) is 15.2. The molecule has 132 valence electrons. The number of nitrogens with two attached hydrogens (primary N) is 1. The van der Waals surface area contributed by atoms with Gasteiger partial charge in [0.05, 0.1) is 5.52 Å². The van der Waals surface area contributed by atoms with Crippen LogP contribution in [0.3, 0.4) is 0 Å². The number of rotatable bonds is 7. The normalized spacial score (nSPS) is 16.1. The number of nitrogen functional groups attached to an aromatic ring is 1. The Morgan fingerprint density at radius 3 is 2.54 bits per heavy atom. The molecule has 5 heteroatoms. The number of unbranched alkanes of at least 4 members (excludes halogenated alkanes) is 3. The van der Waals surface area contributed by atoms with Crippen molar-refractivity contribution in [1.82, 2.24) is 19.9 Å². The lowest BCUT2D eigenvalue weighted by Crippen LogP contribution is -2.30. The van der Waals surface area contributed by atoms with Crippen molar-refractivity contribution in [3.05, 3.63) is 17.1 Å². The summed E-state index contributed by atoms with van der Waals surface area (Å²) in [6.45, 7) is 7.93. The molecule has 2 aromatic rings. The van der Waals surface area contributed by atoms with E-state index in [1.54, 1.807) is 0 Å². The number of anilines is 1. The Labute approximate surface area is 145 Å². The number of nitrogens with one attached hydrogen (secondary N) is 1. The number of aromatic amines is 1. The van der Waals surface area contributed by atoms with Crippen LogP contribution in [0.1, 0.15) is 62.0 Å². The van der Waals surface area contributed by atoms with Crippen LogP contribution in [0.4, 0.5) is 5.82 Å². The molecular formula is C19H31N5. The Morgan fingerprint density at radius 1 is 1.00 bits per heavy atom. The Hall–Kier alpha value is -1.62. The molecule has 0 aromatic carbocycles. The summed E-state index contributed by atoms with van der Waals surface area (Å²) in [4.78, 5) is 14.9. The molecule has 1 aliphatic rings. The van der Waals surface area contributed by atoms with Crippen LogP contribution in [0.25, 0.3) is 11.0 Å². The molecule has 0 radical (unpaired) electrons. The quantitative estimate of drug-likeness (QED) is 0.759. The van der Waals surface area contributed by atoms with Gasteiger partial charge in [0.2, 0.25) is 0 Å². The lowest BCUT2D eigenvalue weighted by molar-refractivity contribution is 0.224. The van der Waals surface area contributed by atoms with Crippen molar-refractivity contribution in [1.29, 1.82) is 0 Å². The molecule has 0 saturated carbocycles. The highest BCUT2D eigenvalue weighted by atomic mass is 15.1. The summed E-state index contributed by atoms with van der Waals surface area (Å²) in [5.74, 6) is 1.31. The van der Waals surface area contributed by atoms with Crippen molar-refractivity contribution in [3.63, 3.8) is 0 Å². The number of aryl methyl sites for hydroxylation is 3.